The molecule has 0 aromatic heterocycles. The molecule has 1 aromatic rings. The number of ether oxygens (including phenoxy) is 1. The van der Waals surface area contributed by atoms with Crippen molar-refractivity contribution < 1.29 is 4.74 Å². The number of rotatable bonds is 6. The van der Waals surface area contributed by atoms with Crippen LogP contribution in [0.5, 0.6) is 0 Å². The summed E-state index contributed by atoms with van der Waals surface area (Å²) in [6, 6.07) is 6.33. The predicted molar refractivity (Wildman–Crippen MR) is 82.9 cm³/mol. The van der Waals surface area contributed by atoms with Crippen LogP contribution in [-0.4, -0.2) is 12.6 Å². The van der Waals surface area contributed by atoms with Gasteiger partial charge < -0.3 is 10.5 Å². The van der Waals surface area contributed by atoms with Crippen LogP contribution in [0.4, 0.5) is 0 Å². The second-order valence-electron chi connectivity index (χ2n) is 5.06. The van der Waals surface area contributed by atoms with Gasteiger partial charge in [-0.1, -0.05) is 42.0 Å². The molecule has 0 saturated heterocycles. The summed E-state index contributed by atoms with van der Waals surface area (Å²) in [7, 11) is 0. The van der Waals surface area contributed by atoms with E-state index in [1.807, 2.05) is 6.92 Å². The van der Waals surface area contributed by atoms with Gasteiger partial charge in [-0.3, -0.25) is 0 Å². The van der Waals surface area contributed by atoms with Crippen molar-refractivity contribution in [3.63, 3.8) is 0 Å². The van der Waals surface area contributed by atoms with Crippen LogP contribution in [0.25, 0.3) is 6.08 Å². The topological polar surface area (TPSA) is 35.2 Å². The lowest BCUT2D eigenvalue weighted by atomic mass is 10.00. The number of hydrogen-bond donors (Lipinski definition) is 1. The maximum absolute atomic E-state index is 6.06. The van der Waals surface area contributed by atoms with Crippen molar-refractivity contribution in [3.8, 4) is 0 Å². The quantitative estimate of drug-likeness (QED) is 0.784. The number of benzene rings is 1. The fraction of sp³-hybridized carbons (Fsp3) is 0.412. The second kappa shape index (κ2) is 7.15. The van der Waals surface area contributed by atoms with E-state index >= 15 is 0 Å². The summed E-state index contributed by atoms with van der Waals surface area (Å²) in [5.41, 5.74) is 11.1. The molecule has 0 aliphatic carbocycles. The Balaban J connectivity index is 2.76. The summed E-state index contributed by atoms with van der Waals surface area (Å²) in [6.45, 7) is 12.7. The van der Waals surface area contributed by atoms with Gasteiger partial charge in [-0.15, -0.1) is 0 Å². The smallest absolute Gasteiger partial charge is 0.106 e. The Bertz CT molecular complexity index is 474. The Morgan fingerprint density at radius 2 is 2.11 bits per heavy atom. The zero-order chi connectivity index (χ0) is 14.4. The summed E-state index contributed by atoms with van der Waals surface area (Å²) in [5.74, 6) is 0.663. The number of nitrogens with two attached hydrogens (primary N) is 1. The Labute approximate surface area is 117 Å². The van der Waals surface area contributed by atoms with Crippen LogP contribution in [0.1, 0.15) is 37.0 Å². The minimum atomic E-state index is -0.138. The third kappa shape index (κ3) is 4.92. The summed E-state index contributed by atoms with van der Waals surface area (Å²) in [5, 5.41) is 0. The number of hydrogen-bond acceptors (Lipinski definition) is 2. The molecule has 104 valence electrons. The van der Waals surface area contributed by atoms with Gasteiger partial charge in [0.15, 0.2) is 0 Å². The molecule has 1 atom stereocenters. The largest absolute Gasteiger partial charge is 0.497 e. The van der Waals surface area contributed by atoms with Crippen molar-refractivity contribution in [3.05, 3.63) is 52.8 Å². The molecular weight excluding hydrogens is 234 g/mol. The zero-order valence-electron chi connectivity index (χ0n) is 12.5. The van der Waals surface area contributed by atoms with Crippen molar-refractivity contribution in [2.75, 3.05) is 6.61 Å². The molecule has 0 aliphatic heterocycles. The van der Waals surface area contributed by atoms with E-state index in [4.69, 9.17) is 10.5 Å². The van der Waals surface area contributed by atoms with Crippen LogP contribution in [0.3, 0.4) is 0 Å². The maximum Gasteiger partial charge on any atom is 0.106 e. The van der Waals surface area contributed by atoms with Gasteiger partial charge in [0.2, 0.25) is 0 Å². The highest BCUT2D eigenvalue weighted by Gasteiger charge is 2.09. The molecule has 0 unspecified atom stereocenters. The standard InChI is InChI=1S/C17H25NO/c1-6-19-15(5)17(18)11-13(3)10-16-9-12(2)7-8-14(16)4/h7-10,17H,5-6,11,18H2,1-4H3/b13-10+/t17-/m0/s1. The van der Waals surface area contributed by atoms with Crippen LogP contribution in [0.15, 0.2) is 36.1 Å². The molecule has 0 bridgehead atoms. The van der Waals surface area contributed by atoms with Crippen LogP contribution >= 0.6 is 0 Å². The molecule has 2 N–H and O–H groups in total. The van der Waals surface area contributed by atoms with Gasteiger partial charge in [0.1, 0.15) is 5.76 Å². The lowest BCUT2D eigenvalue weighted by molar-refractivity contribution is 0.210. The van der Waals surface area contributed by atoms with Gasteiger partial charge in [-0.05, 0) is 45.2 Å². The first-order chi connectivity index (χ1) is 8.93. The highest BCUT2D eigenvalue weighted by Crippen LogP contribution is 2.18. The van der Waals surface area contributed by atoms with E-state index in [0.717, 1.165) is 6.42 Å². The maximum atomic E-state index is 6.06. The molecule has 1 rings (SSSR count). The molecule has 19 heavy (non-hydrogen) atoms. The molecule has 0 fully saturated rings. The highest BCUT2D eigenvalue weighted by atomic mass is 16.5. The van der Waals surface area contributed by atoms with E-state index in [-0.39, 0.29) is 6.04 Å². The first kappa shape index (κ1) is 15.5. The van der Waals surface area contributed by atoms with Gasteiger partial charge in [-0.2, -0.15) is 0 Å². The van der Waals surface area contributed by atoms with E-state index in [2.05, 4.69) is 51.6 Å². The fourth-order valence-corrected chi connectivity index (χ4v) is 1.99. The lowest BCUT2D eigenvalue weighted by Crippen LogP contribution is -2.23. The molecule has 2 nitrogen and oxygen atoms in total. The average molecular weight is 259 g/mol. The Kier molecular flexibility index (Phi) is 5.84. The van der Waals surface area contributed by atoms with Crippen LogP contribution in [-0.2, 0) is 4.74 Å². The Morgan fingerprint density at radius 1 is 1.42 bits per heavy atom. The number of aryl methyl sites for hydroxylation is 2. The summed E-state index contributed by atoms with van der Waals surface area (Å²) in [4.78, 5) is 0. The van der Waals surface area contributed by atoms with Gasteiger partial charge in [0, 0.05) is 0 Å². The first-order valence-corrected chi connectivity index (χ1v) is 6.75. The van der Waals surface area contributed by atoms with E-state index in [9.17, 15) is 0 Å². The SMILES string of the molecule is C=C(OCC)[C@@H](N)C/C(C)=C/c1cc(C)ccc1C. The summed E-state index contributed by atoms with van der Waals surface area (Å²) in [6.07, 6.45) is 2.97. The molecule has 1 aromatic carbocycles. The van der Waals surface area contributed by atoms with Crippen molar-refractivity contribution in [1.82, 2.24) is 0 Å². The summed E-state index contributed by atoms with van der Waals surface area (Å²) < 4.78 is 5.35. The molecule has 0 amide bonds. The van der Waals surface area contributed by atoms with Crippen molar-refractivity contribution in [2.45, 2.75) is 40.2 Å². The second-order valence-corrected chi connectivity index (χ2v) is 5.06. The van der Waals surface area contributed by atoms with Crippen molar-refractivity contribution in [1.29, 1.82) is 0 Å². The lowest BCUT2D eigenvalue weighted by Gasteiger charge is -2.15. The Hall–Kier alpha value is -1.54. The molecule has 0 spiro atoms. The monoisotopic (exact) mass is 259 g/mol. The minimum absolute atomic E-state index is 0.138. The minimum Gasteiger partial charge on any atom is -0.497 e. The van der Waals surface area contributed by atoms with E-state index in [1.165, 1.54) is 22.3 Å². The van der Waals surface area contributed by atoms with Crippen molar-refractivity contribution >= 4 is 6.08 Å². The van der Waals surface area contributed by atoms with Crippen LogP contribution in [0, 0.1) is 13.8 Å². The normalized spacial score (nSPS) is 13.2. The zero-order valence-corrected chi connectivity index (χ0v) is 12.5. The first-order valence-electron chi connectivity index (χ1n) is 6.75. The van der Waals surface area contributed by atoms with Gasteiger partial charge >= 0.3 is 0 Å². The molecule has 0 aliphatic rings. The average Bonchev–Trinajstić information content (AvgIpc) is 2.34. The van der Waals surface area contributed by atoms with E-state index < -0.39 is 0 Å². The molecule has 0 heterocycles. The molecular formula is C17H25NO. The molecule has 0 radical (unpaired) electrons. The molecule has 0 saturated carbocycles. The van der Waals surface area contributed by atoms with Crippen LogP contribution < -0.4 is 5.73 Å². The Morgan fingerprint density at radius 3 is 2.74 bits per heavy atom. The van der Waals surface area contributed by atoms with Gasteiger partial charge in [0.05, 0.1) is 12.6 Å². The fourth-order valence-electron chi connectivity index (χ4n) is 1.99. The van der Waals surface area contributed by atoms with Crippen LogP contribution in [0.2, 0.25) is 0 Å². The van der Waals surface area contributed by atoms with Crippen molar-refractivity contribution in [2.24, 2.45) is 5.73 Å². The third-order valence-electron chi connectivity index (χ3n) is 3.12. The molecule has 2 heteroatoms. The summed E-state index contributed by atoms with van der Waals surface area (Å²) >= 11 is 0. The third-order valence-corrected chi connectivity index (χ3v) is 3.12. The van der Waals surface area contributed by atoms with E-state index in [1.54, 1.807) is 0 Å². The predicted octanol–water partition coefficient (Wildman–Crippen LogP) is 3.97. The van der Waals surface area contributed by atoms with Gasteiger partial charge in [0.25, 0.3) is 0 Å². The highest BCUT2D eigenvalue weighted by molar-refractivity contribution is 5.57. The van der Waals surface area contributed by atoms with Gasteiger partial charge in [-0.25, -0.2) is 0 Å². The van der Waals surface area contributed by atoms with E-state index in [0.29, 0.717) is 12.4 Å².